The summed E-state index contributed by atoms with van der Waals surface area (Å²) in [6.45, 7) is 3.83. The molecule has 0 aliphatic carbocycles. The highest BCUT2D eigenvalue weighted by Gasteiger charge is 2.11. The molecule has 1 amide bonds. The van der Waals surface area contributed by atoms with Gasteiger partial charge in [-0.15, -0.1) is 5.10 Å². The molecule has 0 bridgehead atoms. The number of carbonyl (C=O) groups is 1. The van der Waals surface area contributed by atoms with Crippen LogP contribution in [0.5, 0.6) is 0 Å². The SMILES string of the molecule is Cc1cc(C)n(-c2ncc(NC(=O)c3cn(C)nn3)cn2)n1. The second kappa shape index (κ2) is 5.35. The molecule has 9 heteroatoms. The predicted octanol–water partition coefficient (Wildman–Crippen LogP) is 0.660. The van der Waals surface area contributed by atoms with E-state index in [9.17, 15) is 4.79 Å². The molecule has 0 radical (unpaired) electrons. The van der Waals surface area contributed by atoms with Crippen molar-refractivity contribution in [3.05, 3.63) is 41.7 Å². The Kier molecular flexibility index (Phi) is 3.37. The molecule has 0 saturated carbocycles. The Bertz CT molecular complexity index is 817. The maximum absolute atomic E-state index is 11.9. The number of aryl methyl sites for hydroxylation is 3. The highest BCUT2D eigenvalue weighted by atomic mass is 16.2. The molecule has 22 heavy (non-hydrogen) atoms. The molecule has 112 valence electrons. The van der Waals surface area contributed by atoms with Crippen LogP contribution in [0.25, 0.3) is 5.95 Å². The Labute approximate surface area is 126 Å². The molecule has 0 aliphatic rings. The van der Waals surface area contributed by atoms with E-state index in [0.29, 0.717) is 11.6 Å². The number of carbonyl (C=O) groups excluding carboxylic acids is 1. The van der Waals surface area contributed by atoms with Crippen LogP contribution in [0.1, 0.15) is 21.9 Å². The van der Waals surface area contributed by atoms with Crippen molar-refractivity contribution in [2.45, 2.75) is 13.8 Å². The summed E-state index contributed by atoms with van der Waals surface area (Å²) >= 11 is 0. The summed E-state index contributed by atoms with van der Waals surface area (Å²) in [5.41, 5.74) is 2.53. The molecule has 0 unspecified atom stereocenters. The number of hydrogen-bond acceptors (Lipinski definition) is 6. The number of rotatable bonds is 3. The van der Waals surface area contributed by atoms with Gasteiger partial charge in [0.15, 0.2) is 5.69 Å². The first-order chi connectivity index (χ1) is 10.5. The molecule has 0 aromatic carbocycles. The number of nitrogens with zero attached hydrogens (tertiary/aromatic N) is 7. The van der Waals surface area contributed by atoms with Crippen molar-refractivity contribution in [3.63, 3.8) is 0 Å². The zero-order valence-corrected chi connectivity index (χ0v) is 12.3. The molecular weight excluding hydrogens is 284 g/mol. The van der Waals surface area contributed by atoms with Crippen molar-refractivity contribution < 1.29 is 4.79 Å². The first-order valence-corrected chi connectivity index (χ1v) is 6.56. The molecule has 3 rings (SSSR count). The molecular formula is C13H14N8O. The van der Waals surface area contributed by atoms with Gasteiger partial charge in [0.05, 0.1) is 30.0 Å². The molecule has 0 aliphatic heterocycles. The number of hydrogen-bond donors (Lipinski definition) is 1. The van der Waals surface area contributed by atoms with Crippen molar-refractivity contribution in [2.24, 2.45) is 7.05 Å². The Morgan fingerprint density at radius 3 is 2.50 bits per heavy atom. The molecule has 9 nitrogen and oxygen atoms in total. The van der Waals surface area contributed by atoms with Gasteiger partial charge in [-0.05, 0) is 19.9 Å². The molecule has 0 spiro atoms. The summed E-state index contributed by atoms with van der Waals surface area (Å²) in [6.07, 6.45) is 4.57. The zero-order chi connectivity index (χ0) is 15.7. The van der Waals surface area contributed by atoms with Gasteiger partial charge in [-0.2, -0.15) is 5.10 Å². The average Bonchev–Trinajstić information content (AvgIpc) is 3.05. The van der Waals surface area contributed by atoms with Crippen LogP contribution in [0.2, 0.25) is 0 Å². The van der Waals surface area contributed by atoms with Crippen LogP contribution in [-0.4, -0.2) is 40.6 Å². The maximum Gasteiger partial charge on any atom is 0.277 e. The fourth-order valence-corrected chi connectivity index (χ4v) is 1.97. The van der Waals surface area contributed by atoms with E-state index in [1.165, 1.54) is 23.3 Å². The third-order valence-corrected chi connectivity index (χ3v) is 2.93. The quantitative estimate of drug-likeness (QED) is 0.762. The number of nitrogens with one attached hydrogen (secondary N) is 1. The minimum absolute atomic E-state index is 0.227. The topological polar surface area (TPSA) is 103 Å². The van der Waals surface area contributed by atoms with Gasteiger partial charge in [0, 0.05) is 12.7 Å². The predicted molar refractivity (Wildman–Crippen MR) is 77.6 cm³/mol. The lowest BCUT2D eigenvalue weighted by Gasteiger charge is -2.04. The van der Waals surface area contributed by atoms with Gasteiger partial charge in [-0.1, -0.05) is 5.21 Å². The fourth-order valence-electron chi connectivity index (χ4n) is 1.97. The lowest BCUT2D eigenvalue weighted by atomic mass is 10.4. The highest BCUT2D eigenvalue weighted by molar-refractivity contribution is 6.02. The van der Waals surface area contributed by atoms with Gasteiger partial charge in [0.25, 0.3) is 11.9 Å². The standard InChI is InChI=1S/C13H14N8O/c1-8-4-9(2)21(18-8)13-14-5-10(6-15-13)16-12(22)11-7-20(3)19-17-11/h4-7H,1-3H3,(H,16,22). The summed E-state index contributed by atoms with van der Waals surface area (Å²) in [5, 5.41) is 14.4. The van der Waals surface area contributed by atoms with Crippen molar-refractivity contribution in [1.29, 1.82) is 0 Å². The van der Waals surface area contributed by atoms with E-state index < -0.39 is 0 Å². The van der Waals surface area contributed by atoms with Crippen molar-refractivity contribution in [1.82, 2.24) is 34.7 Å². The van der Waals surface area contributed by atoms with E-state index in [0.717, 1.165) is 11.4 Å². The maximum atomic E-state index is 11.9. The summed E-state index contributed by atoms with van der Waals surface area (Å²) in [7, 11) is 1.69. The summed E-state index contributed by atoms with van der Waals surface area (Å²) < 4.78 is 3.10. The smallest absolute Gasteiger partial charge is 0.277 e. The number of anilines is 1. The zero-order valence-electron chi connectivity index (χ0n) is 12.3. The summed E-state index contributed by atoms with van der Waals surface area (Å²) in [5.74, 6) is 0.0821. The van der Waals surface area contributed by atoms with Crippen LogP contribution in [0.15, 0.2) is 24.7 Å². The van der Waals surface area contributed by atoms with E-state index >= 15 is 0 Å². The van der Waals surface area contributed by atoms with Crippen LogP contribution in [0, 0.1) is 13.8 Å². The Morgan fingerprint density at radius 2 is 1.95 bits per heavy atom. The van der Waals surface area contributed by atoms with Crippen LogP contribution < -0.4 is 5.32 Å². The lowest BCUT2D eigenvalue weighted by Crippen LogP contribution is -2.13. The van der Waals surface area contributed by atoms with E-state index in [4.69, 9.17) is 0 Å². The van der Waals surface area contributed by atoms with Crippen LogP contribution >= 0.6 is 0 Å². The minimum Gasteiger partial charge on any atom is -0.318 e. The van der Waals surface area contributed by atoms with Gasteiger partial charge >= 0.3 is 0 Å². The third kappa shape index (κ3) is 2.68. The summed E-state index contributed by atoms with van der Waals surface area (Å²) in [4.78, 5) is 20.4. The molecule has 0 atom stereocenters. The van der Waals surface area contributed by atoms with Crippen LogP contribution in [-0.2, 0) is 7.05 Å². The Balaban J connectivity index is 1.77. The van der Waals surface area contributed by atoms with E-state index in [2.05, 4.69) is 30.7 Å². The molecule has 3 aromatic heterocycles. The van der Waals surface area contributed by atoms with E-state index in [-0.39, 0.29) is 11.6 Å². The second-order valence-electron chi connectivity index (χ2n) is 4.84. The first-order valence-electron chi connectivity index (χ1n) is 6.56. The molecule has 0 saturated heterocycles. The molecule has 1 N–H and O–H groups in total. The van der Waals surface area contributed by atoms with Crippen LogP contribution in [0.4, 0.5) is 5.69 Å². The van der Waals surface area contributed by atoms with Gasteiger partial charge in [-0.25, -0.2) is 14.6 Å². The molecule has 3 aromatic rings. The second-order valence-corrected chi connectivity index (χ2v) is 4.84. The average molecular weight is 298 g/mol. The monoisotopic (exact) mass is 298 g/mol. The molecule has 0 fully saturated rings. The molecule has 3 heterocycles. The van der Waals surface area contributed by atoms with Crippen molar-refractivity contribution >= 4 is 11.6 Å². The number of aromatic nitrogens is 7. The first kappa shape index (κ1) is 13.9. The minimum atomic E-state index is -0.365. The van der Waals surface area contributed by atoms with Crippen LogP contribution in [0.3, 0.4) is 0 Å². The van der Waals surface area contributed by atoms with E-state index in [1.54, 1.807) is 11.7 Å². The lowest BCUT2D eigenvalue weighted by molar-refractivity contribution is 0.102. The normalized spacial score (nSPS) is 10.7. The van der Waals surface area contributed by atoms with Crippen molar-refractivity contribution in [3.8, 4) is 5.95 Å². The van der Waals surface area contributed by atoms with Gasteiger partial charge in [0.1, 0.15) is 0 Å². The Hall–Kier alpha value is -3.10. The van der Waals surface area contributed by atoms with E-state index in [1.807, 2.05) is 19.9 Å². The largest absolute Gasteiger partial charge is 0.318 e. The van der Waals surface area contributed by atoms with Gasteiger partial charge < -0.3 is 5.32 Å². The fraction of sp³-hybridized carbons (Fsp3) is 0.231. The number of amides is 1. The Morgan fingerprint density at radius 1 is 1.23 bits per heavy atom. The van der Waals surface area contributed by atoms with Gasteiger partial charge in [-0.3, -0.25) is 9.48 Å². The summed E-state index contributed by atoms with van der Waals surface area (Å²) in [6, 6.07) is 1.94. The highest BCUT2D eigenvalue weighted by Crippen LogP contribution is 2.10. The third-order valence-electron chi connectivity index (χ3n) is 2.93. The van der Waals surface area contributed by atoms with Crippen molar-refractivity contribution in [2.75, 3.05) is 5.32 Å². The van der Waals surface area contributed by atoms with Gasteiger partial charge in [0.2, 0.25) is 0 Å².